The molecule has 0 saturated carbocycles. The molecule has 2 amide bonds. The zero-order valence-corrected chi connectivity index (χ0v) is 17.2. The second kappa shape index (κ2) is 10.9. The quantitative estimate of drug-likeness (QED) is 0.650. The van der Waals surface area contributed by atoms with Crippen molar-refractivity contribution >= 4 is 17.8 Å². The van der Waals surface area contributed by atoms with E-state index in [1.807, 2.05) is 65.2 Å². The third-order valence-electron chi connectivity index (χ3n) is 4.78. The maximum atomic E-state index is 13.0. The number of rotatable bonds is 8. The van der Waals surface area contributed by atoms with Crippen molar-refractivity contribution in [2.24, 2.45) is 0 Å². The number of urea groups is 1. The number of carbonyl (C=O) groups is 1. The van der Waals surface area contributed by atoms with Gasteiger partial charge in [-0.15, -0.1) is 11.8 Å². The van der Waals surface area contributed by atoms with Crippen molar-refractivity contribution in [3.63, 3.8) is 0 Å². The predicted molar refractivity (Wildman–Crippen MR) is 116 cm³/mol. The summed E-state index contributed by atoms with van der Waals surface area (Å²) in [5.74, 6) is 0.935. The first kappa shape index (κ1) is 20.5. The van der Waals surface area contributed by atoms with Crippen LogP contribution in [-0.2, 0) is 17.8 Å². The minimum atomic E-state index is -0.00329. The van der Waals surface area contributed by atoms with Gasteiger partial charge in [-0.05, 0) is 28.9 Å². The van der Waals surface area contributed by atoms with Crippen LogP contribution in [0.25, 0.3) is 0 Å². The number of benzene rings is 2. The molecule has 0 aliphatic carbocycles. The fourth-order valence-electron chi connectivity index (χ4n) is 3.26. The van der Waals surface area contributed by atoms with Crippen LogP contribution in [0.15, 0.2) is 71.6 Å². The number of carbonyl (C=O) groups excluding carboxylic acids is 1. The zero-order chi connectivity index (χ0) is 19.6. The van der Waals surface area contributed by atoms with Crippen LogP contribution in [0.5, 0.6) is 0 Å². The molecule has 1 aliphatic rings. The maximum absolute atomic E-state index is 13.0. The molecule has 5 heteroatoms. The third-order valence-corrected chi connectivity index (χ3v) is 6.03. The van der Waals surface area contributed by atoms with Crippen molar-refractivity contribution in [2.45, 2.75) is 32.0 Å². The van der Waals surface area contributed by atoms with E-state index in [0.29, 0.717) is 13.1 Å². The number of methoxy groups -OCH3 is 1. The Labute approximate surface area is 172 Å². The highest BCUT2D eigenvalue weighted by molar-refractivity contribution is 8.03. The van der Waals surface area contributed by atoms with Crippen LogP contribution in [0, 0.1) is 0 Å². The molecule has 0 spiro atoms. The van der Waals surface area contributed by atoms with E-state index >= 15 is 0 Å². The van der Waals surface area contributed by atoms with Crippen molar-refractivity contribution < 1.29 is 9.53 Å². The largest absolute Gasteiger partial charge is 0.384 e. The molecule has 28 heavy (non-hydrogen) atoms. The molecule has 1 heterocycles. The van der Waals surface area contributed by atoms with Gasteiger partial charge in [0, 0.05) is 38.6 Å². The van der Waals surface area contributed by atoms with Gasteiger partial charge in [0.1, 0.15) is 0 Å². The fourth-order valence-corrected chi connectivity index (χ4v) is 4.51. The average molecular weight is 397 g/mol. The highest BCUT2D eigenvalue weighted by Crippen LogP contribution is 2.34. The van der Waals surface area contributed by atoms with E-state index in [0.717, 1.165) is 36.3 Å². The van der Waals surface area contributed by atoms with Crippen molar-refractivity contribution in [3.05, 3.63) is 82.8 Å². The molecule has 1 fully saturated rings. The average Bonchev–Trinajstić information content (AvgIpc) is 3.20. The number of hydrogen-bond acceptors (Lipinski definition) is 3. The monoisotopic (exact) mass is 396 g/mol. The lowest BCUT2D eigenvalue weighted by molar-refractivity contribution is 0.177. The van der Waals surface area contributed by atoms with Gasteiger partial charge < -0.3 is 15.0 Å². The summed E-state index contributed by atoms with van der Waals surface area (Å²) in [7, 11) is 1.72. The molecule has 1 N–H and O–H groups in total. The van der Waals surface area contributed by atoms with E-state index in [1.165, 1.54) is 4.91 Å². The summed E-state index contributed by atoms with van der Waals surface area (Å²) in [5, 5.41) is 3.10. The number of amides is 2. The SMILES string of the molecule is COCC/C=C1\C[C@@H](N(Cc2ccccc2)C(=O)NCc2ccccc2)CS1. The fraction of sp³-hybridized carbons (Fsp3) is 0.348. The van der Waals surface area contributed by atoms with Crippen molar-refractivity contribution in [1.82, 2.24) is 10.2 Å². The van der Waals surface area contributed by atoms with Crippen LogP contribution in [-0.4, -0.2) is 36.4 Å². The molecule has 0 radical (unpaired) electrons. The number of nitrogens with zero attached hydrogens (tertiary/aromatic N) is 1. The normalized spacial score (nSPS) is 17.6. The van der Waals surface area contributed by atoms with Crippen molar-refractivity contribution in [2.75, 3.05) is 19.5 Å². The van der Waals surface area contributed by atoms with Gasteiger partial charge in [0.25, 0.3) is 0 Å². The topological polar surface area (TPSA) is 41.6 Å². The van der Waals surface area contributed by atoms with Crippen molar-refractivity contribution in [1.29, 1.82) is 0 Å². The summed E-state index contributed by atoms with van der Waals surface area (Å²) < 4.78 is 5.14. The standard InChI is InChI=1S/C23H28N2O2S/c1-27-14-8-13-22-15-21(18-28-22)25(17-20-11-6-3-7-12-20)23(26)24-16-19-9-4-2-5-10-19/h2-7,9-13,21H,8,14-18H2,1H3,(H,24,26)/b22-13+/t21-/m1/s1. The van der Waals surface area contributed by atoms with Crippen LogP contribution in [0.4, 0.5) is 4.79 Å². The van der Waals surface area contributed by atoms with Gasteiger partial charge >= 0.3 is 6.03 Å². The third kappa shape index (κ3) is 6.14. The van der Waals surface area contributed by atoms with Gasteiger partial charge in [0.2, 0.25) is 0 Å². The predicted octanol–water partition coefficient (Wildman–Crippen LogP) is 4.82. The molecule has 2 aromatic carbocycles. The molecule has 1 atom stereocenters. The number of thioether (sulfide) groups is 1. The number of hydrogen-bond donors (Lipinski definition) is 1. The van der Waals surface area contributed by atoms with Crippen LogP contribution < -0.4 is 5.32 Å². The first-order valence-electron chi connectivity index (χ1n) is 9.69. The summed E-state index contributed by atoms with van der Waals surface area (Å²) in [5.41, 5.74) is 2.26. The molecule has 0 bridgehead atoms. The Bertz CT molecular complexity index is 765. The van der Waals surface area contributed by atoms with Crippen LogP contribution in [0.3, 0.4) is 0 Å². The summed E-state index contributed by atoms with van der Waals surface area (Å²) in [4.78, 5) is 16.4. The van der Waals surface area contributed by atoms with Gasteiger partial charge in [-0.2, -0.15) is 0 Å². The first-order valence-corrected chi connectivity index (χ1v) is 10.7. The summed E-state index contributed by atoms with van der Waals surface area (Å²) >= 11 is 1.86. The highest BCUT2D eigenvalue weighted by atomic mass is 32.2. The summed E-state index contributed by atoms with van der Waals surface area (Å²) in [6.07, 6.45) is 4.08. The molecule has 148 valence electrons. The van der Waals surface area contributed by atoms with E-state index in [-0.39, 0.29) is 12.1 Å². The smallest absolute Gasteiger partial charge is 0.318 e. The molecular weight excluding hydrogens is 368 g/mol. The minimum Gasteiger partial charge on any atom is -0.384 e. The lowest BCUT2D eigenvalue weighted by atomic mass is 10.1. The molecule has 3 rings (SSSR count). The lowest BCUT2D eigenvalue weighted by Gasteiger charge is -2.29. The summed E-state index contributed by atoms with van der Waals surface area (Å²) in [6, 6.07) is 20.4. The Morgan fingerprint density at radius 2 is 1.82 bits per heavy atom. The molecule has 4 nitrogen and oxygen atoms in total. The molecular formula is C23H28N2O2S. The number of nitrogens with one attached hydrogen (secondary N) is 1. The second-order valence-electron chi connectivity index (χ2n) is 6.88. The van der Waals surface area contributed by atoms with Gasteiger partial charge in [0.15, 0.2) is 0 Å². The molecule has 0 aromatic heterocycles. The van der Waals surface area contributed by atoms with Crippen molar-refractivity contribution in [3.8, 4) is 0 Å². The second-order valence-corrected chi connectivity index (χ2v) is 8.03. The van der Waals surface area contributed by atoms with Crippen LogP contribution >= 0.6 is 11.8 Å². The Hall–Kier alpha value is -2.24. The Morgan fingerprint density at radius 1 is 1.14 bits per heavy atom. The van der Waals surface area contributed by atoms with E-state index in [9.17, 15) is 4.79 Å². The first-order chi connectivity index (χ1) is 13.8. The van der Waals surface area contributed by atoms with E-state index < -0.39 is 0 Å². The van der Waals surface area contributed by atoms with E-state index in [1.54, 1.807) is 7.11 Å². The van der Waals surface area contributed by atoms with Gasteiger partial charge in [-0.25, -0.2) is 4.79 Å². The minimum absolute atomic E-state index is 0.00329. The van der Waals surface area contributed by atoms with Gasteiger partial charge in [0.05, 0.1) is 0 Å². The Kier molecular flexibility index (Phi) is 8.00. The Balaban J connectivity index is 1.66. The Morgan fingerprint density at radius 3 is 2.50 bits per heavy atom. The molecule has 0 unspecified atom stereocenters. The van der Waals surface area contributed by atoms with E-state index in [2.05, 4.69) is 23.5 Å². The van der Waals surface area contributed by atoms with Gasteiger partial charge in [-0.3, -0.25) is 0 Å². The lowest BCUT2D eigenvalue weighted by Crippen LogP contribution is -2.45. The molecule has 1 saturated heterocycles. The van der Waals surface area contributed by atoms with Gasteiger partial charge in [-0.1, -0.05) is 66.7 Å². The molecule has 2 aromatic rings. The zero-order valence-electron chi connectivity index (χ0n) is 16.3. The summed E-state index contributed by atoms with van der Waals surface area (Å²) in [6.45, 7) is 1.90. The number of ether oxygens (including phenoxy) is 1. The molecule has 1 aliphatic heterocycles. The van der Waals surface area contributed by atoms with E-state index in [4.69, 9.17) is 4.74 Å². The maximum Gasteiger partial charge on any atom is 0.318 e. The van der Waals surface area contributed by atoms with Crippen LogP contribution in [0.2, 0.25) is 0 Å². The van der Waals surface area contributed by atoms with Crippen LogP contribution in [0.1, 0.15) is 24.0 Å². The highest BCUT2D eigenvalue weighted by Gasteiger charge is 2.29.